The number of carbonyl (C=O) groups excluding carboxylic acids is 1. The van der Waals surface area contributed by atoms with E-state index < -0.39 is 0 Å². The van der Waals surface area contributed by atoms with Crippen molar-refractivity contribution in [2.24, 2.45) is 0 Å². The first-order valence-corrected chi connectivity index (χ1v) is 7.25. The summed E-state index contributed by atoms with van der Waals surface area (Å²) in [6.45, 7) is 5.98. The van der Waals surface area contributed by atoms with E-state index in [0.717, 1.165) is 37.4 Å². The third-order valence-corrected chi connectivity index (χ3v) is 3.93. The topological polar surface area (TPSA) is 71.2 Å². The van der Waals surface area contributed by atoms with Gasteiger partial charge in [-0.2, -0.15) is 4.37 Å². The maximum atomic E-state index is 12.2. The Hall–Kier alpha value is -1.30. The molecule has 3 N–H and O–H groups in total. The van der Waals surface area contributed by atoms with Crippen molar-refractivity contribution in [3.8, 4) is 0 Å². The predicted molar refractivity (Wildman–Crippen MR) is 75.2 cm³/mol. The fraction of sp³-hybridized carbons (Fsp3) is 0.667. The number of anilines is 2. The summed E-state index contributed by atoms with van der Waals surface area (Å²) in [6, 6.07) is 0.339. The molecule has 0 aromatic carbocycles. The van der Waals surface area contributed by atoms with Crippen LogP contribution in [0.3, 0.4) is 0 Å². The SMILES string of the molecule is CCCN(CC)c1snc(N)c1C(=O)NC1CC1. The quantitative estimate of drug-likeness (QED) is 0.826. The number of nitrogen functional groups attached to an aromatic ring is 1. The zero-order valence-electron chi connectivity index (χ0n) is 10.9. The first-order valence-electron chi connectivity index (χ1n) is 6.48. The van der Waals surface area contributed by atoms with Crippen molar-refractivity contribution in [3.63, 3.8) is 0 Å². The Labute approximate surface area is 112 Å². The van der Waals surface area contributed by atoms with E-state index >= 15 is 0 Å². The summed E-state index contributed by atoms with van der Waals surface area (Å²) in [5.41, 5.74) is 6.40. The highest BCUT2D eigenvalue weighted by atomic mass is 32.1. The normalized spacial score (nSPS) is 14.6. The van der Waals surface area contributed by atoms with Gasteiger partial charge in [0.2, 0.25) is 0 Å². The molecule has 1 aliphatic rings. The van der Waals surface area contributed by atoms with Crippen molar-refractivity contribution in [2.75, 3.05) is 23.7 Å². The molecule has 1 saturated carbocycles. The number of carbonyl (C=O) groups is 1. The molecule has 0 aliphatic heterocycles. The Balaban J connectivity index is 2.21. The van der Waals surface area contributed by atoms with Gasteiger partial charge in [-0.05, 0) is 37.7 Å². The average Bonchev–Trinajstić information content (AvgIpc) is 3.07. The van der Waals surface area contributed by atoms with Crippen LogP contribution in [0.4, 0.5) is 10.8 Å². The molecule has 1 aromatic rings. The fourth-order valence-electron chi connectivity index (χ4n) is 1.88. The molecule has 0 bridgehead atoms. The van der Waals surface area contributed by atoms with Gasteiger partial charge in [-0.1, -0.05) is 6.92 Å². The first kappa shape index (κ1) is 13.1. The highest BCUT2D eigenvalue weighted by Gasteiger charge is 2.28. The number of nitrogens with two attached hydrogens (primary N) is 1. The van der Waals surface area contributed by atoms with Crippen molar-refractivity contribution >= 4 is 28.3 Å². The summed E-state index contributed by atoms with van der Waals surface area (Å²) < 4.78 is 4.13. The highest BCUT2D eigenvalue weighted by molar-refractivity contribution is 7.11. The van der Waals surface area contributed by atoms with E-state index in [1.54, 1.807) is 0 Å². The van der Waals surface area contributed by atoms with E-state index in [-0.39, 0.29) is 5.91 Å². The molecular weight excluding hydrogens is 248 g/mol. The third-order valence-electron chi connectivity index (χ3n) is 3.00. The molecule has 1 amide bonds. The van der Waals surface area contributed by atoms with Gasteiger partial charge in [0.05, 0.1) is 0 Å². The molecule has 0 saturated heterocycles. The highest BCUT2D eigenvalue weighted by Crippen LogP contribution is 2.31. The second kappa shape index (κ2) is 5.56. The second-order valence-electron chi connectivity index (χ2n) is 4.58. The van der Waals surface area contributed by atoms with E-state index in [1.165, 1.54) is 11.5 Å². The number of hydrogen-bond donors (Lipinski definition) is 2. The minimum atomic E-state index is -0.0756. The summed E-state index contributed by atoms with van der Waals surface area (Å²) in [5, 5.41) is 3.88. The lowest BCUT2D eigenvalue weighted by Crippen LogP contribution is -2.29. The number of nitrogens with zero attached hydrogens (tertiary/aromatic N) is 2. The number of amides is 1. The molecule has 100 valence electrons. The maximum absolute atomic E-state index is 12.2. The zero-order chi connectivity index (χ0) is 13.1. The smallest absolute Gasteiger partial charge is 0.258 e. The molecule has 6 heteroatoms. The Morgan fingerprint density at radius 2 is 2.28 bits per heavy atom. The summed E-state index contributed by atoms with van der Waals surface area (Å²) >= 11 is 1.31. The van der Waals surface area contributed by atoms with Gasteiger partial charge in [0.25, 0.3) is 5.91 Å². The van der Waals surface area contributed by atoms with Crippen molar-refractivity contribution in [3.05, 3.63) is 5.56 Å². The molecule has 1 heterocycles. The van der Waals surface area contributed by atoms with E-state index in [0.29, 0.717) is 17.4 Å². The third kappa shape index (κ3) is 2.75. The van der Waals surface area contributed by atoms with Crippen molar-refractivity contribution < 1.29 is 4.79 Å². The van der Waals surface area contributed by atoms with Crippen LogP contribution in [0.2, 0.25) is 0 Å². The molecule has 1 aromatic heterocycles. The van der Waals surface area contributed by atoms with Crippen LogP contribution < -0.4 is 16.0 Å². The number of hydrogen-bond acceptors (Lipinski definition) is 5. The molecule has 1 fully saturated rings. The van der Waals surface area contributed by atoms with Crippen molar-refractivity contribution in [1.82, 2.24) is 9.69 Å². The van der Waals surface area contributed by atoms with Crippen molar-refractivity contribution in [2.45, 2.75) is 39.2 Å². The van der Waals surface area contributed by atoms with Gasteiger partial charge < -0.3 is 16.0 Å². The first-order chi connectivity index (χ1) is 8.67. The van der Waals surface area contributed by atoms with Gasteiger partial charge in [-0.3, -0.25) is 4.79 Å². The molecule has 0 radical (unpaired) electrons. The fourth-order valence-corrected chi connectivity index (χ4v) is 2.78. The zero-order valence-corrected chi connectivity index (χ0v) is 11.7. The maximum Gasteiger partial charge on any atom is 0.258 e. The van der Waals surface area contributed by atoms with E-state index in [1.807, 2.05) is 0 Å². The molecular formula is C12H20N4OS. The number of nitrogens with one attached hydrogen (secondary N) is 1. The molecule has 18 heavy (non-hydrogen) atoms. The number of aromatic nitrogens is 1. The number of rotatable bonds is 6. The van der Waals surface area contributed by atoms with Gasteiger partial charge in [0, 0.05) is 19.1 Å². The van der Waals surface area contributed by atoms with Gasteiger partial charge in [0.1, 0.15) is 10.6 Å². The van der Waals surface area contributed by atoms with Crippen LogP contribution in [0.5, 0.6) is 0 Å². The van der Waals surface area contributed by atoms with Crippen LogP contribution in [0.1, 0.15) is 43.5 Å². The van der Waals surface area contributed by atoms with E-state index in [4.69, 9.17) is 5.73 Å². The summed E-state index contributed by atoms with van der Waals surface area (Å²) in [5.74, 6) is 0.274. The predicted octanol–water partition coefficient (Wildman–Crippen LogP) is 1.85. The van der Waals surface area contributed by atoms with Gasteiger partial charge in [-0.25, -0.2) is 0 Å². The molecule has 5 nitrogen and oxygen atoms in total. The lowest BCUT2D eigenvalue weighted by atomic mass is 10.2. The standard InChI is InChI=1S/C12H20N4OS/c1-3-7-16(4-2)12-9(10(13)15-18-12)11(17)14-8-5-6-8/h8H,3-7H2,1-2H3,(H2,13,15)(H,14,17). The van der Waals surface area contributed by atoms with Crippen molar-refractivity contribution in [1.29, 1.82) is 0 Å². The molecule has 0 atom stereocenters. The van der Waals surface area contributed by atoms with Crippen LogP contribution in [0.25, 0.3) is 0 Å². The molecule has 1 aliphatic carbocycles. The summed E-state index contributed by atoms with van der Waals surface area (Å²) in [7, 11) is 0. The monoisotopic (exact) mass is 268 g/mol. The minimum absolute atomic E-state index is 0.0756. The molecule has 0 unspecified atom stereocenters. The van der Waals surface area contributed by atoms with Crippen LogP contribution in [0.15, 0.2) is 0 Å². The van der Waals surface area contributed by atoms with Crippen LogP contribution >= 0.6 is 11.5 Å². The minimum Gasteiger partial charge on any atom is -0.382 e. The molecule has 0 spiro atoms. The average molecular weight is 268 g/mol. The Kier molecular flexibility index (Phi) is 4.06. The van der Waals surface area contributed by atoms with Crippen LogP contribution in [-0.2, 0) is 0 Å². The van der Waals surface area contributed by atoms with E-state index in [9.17, 15) is 4.79 Å². The Bertz CT molecular complexity index is 428. The summed E-state index contributed by atoms with van der Waals surface area (Å²) in [6.07, 6.45) is 3.19. The lowest BCUT2D eigenvalue weighted by Gasteiger charge is -2.21. The van der Waals surface area contributed by atoms with Gasteiger partial charge in [-0.15, -0.1) is 0 Å². The van der Waals surface area contributed by atoms with Crippen LogP contribution in [0, 0.1) is 0 Å². The lowest BCUT2D eigenvalue weighted by molar-refractivity contribution is 0.0952. The summed E-state index contributed by atoms with van der Waals surface area (Å²) in [4.78, 5) is 14.3. The van der Waals surface area contributed by atoms with E-state index in [2.05, 4.69) is 28.4 Å². The molecule has 2 rings (SSSR count). The Morgan fingerprint density at radius 3 is 2.83 bits per heavy atom. The van der Waals surface area contributed by atoms with Gasteiger partial charge in [0.15, 0.2) is 5.82 Å². The van der Waals surface area contributed by atoms with Gasteiger partial charge >= 0.3 is 0 Å². The Morgan fingerprint density at radius 1 is 1.56 bits per heavy atom. The largest absolute Gasteiger partial charge is 0.382 e. The second-order valence-corrected chi connectivity index (χ2v) is 5.33. The van der Waals surface area contributed by atoms with Crippen LogP contribution in [-0.4, -0.2) is 29.4 Å².